The molecule has 0 aromatic heterocycles. The SMILES string of the molecule is CCC/C=C/[C@H](O)CC(=O)CC(=O)OC(C)C. The van der Waals surface area contributed by atoms with Crippen LogP contribution < -0.4 is 0 Å². The van der Waals surface area contributed by atoms with Gasteiger partial charge in [-0.1, -0.05) is 25.5 Å². The lowest BCUT2D eigenvalue weighted by Gasteiger charge is -2.08. The zero-order valence-corrected chi connectivity index (χ0v) is 10.8. The zero-order chi connectivity index (χ0) is 13.3. The molecule has 0 saturated heterocycles. The molecule has 4 nitrogen and oxygen atoms in total. The molecule has 0 heterocycles. The third-order valence-electron chi connectivity index (χ3n) is 1.96. The van der Waals surface area contributed by atoms with Crippen molar-refractivity contribution in [2.75, 3.05) is 0 Å². The molecule has 0 aliphatic carbocycles. The van der Waals surface area contributed by atoms with Crippen LogP contribution in [0.3, 0.4) is 0 Å². The average Bonchev–Trinajstić information content (AvgIpc) is 2.15. The van der Waals surface area contributed by atoms with Gasteiger partial charge in [0.15, 0.2) is 0 Å². The monoisotopic (exact) mass is 242 g/mol. The molecule has 1 N–H and O–H groups in total. The number of esters is 1. The molecule has 0 fully saturated rings. The first kappa shape index (κ1) is 15.8. The fourth-order valence-corrected chi connectivity index (χ4v) is 1.26. The highest BCUT2D eigenvalue weighted by atomic mass is 16.5. The van der Waals surface area contributed by atoms with Crippen molar-refractivity contribution >= 4 is 11.8 Å². The maximum atomic E-state index is 11.4. The van der Waals surface area contributed by atoms with Crippen molar-refractivity contribution in [1.82, 2.24) is 0 Å². The smallest absolute Gasteiger partial charge is 0.313 e. The van der Waals surface area contributed by atoms with Crippen molar-refractivity contribution in [1.29, 1.82) is 0 Å². The number of ether oxygens (including phenoxy) is 1. The van der Waals surface area contributed by atoms with Crippen LogP contribution in [0.1, 0.15) is 46.5 Å². The van der Waals surface area contributed by atoms with E-state index in [-0.39, 0.29) is 24.7 Å². The molecule has 4 heteroatoms. The van der Waals surface area contributed by atoms with E-state index in [4.69, 9.17) is 4.74 Å². The van der Waals surface area contributed by atoms with E-state index in [1.54, 1.807) is 19.9 Å². The lowest BCUT2D eigenvalue weighted by atomic mass is 10.1. The van der Waals surface area contributed by atoms with Crippen LogP contribution in [-0.4, -0.2) is 29.1 Å². The summed E-state index contributed by atoms with van der Waals surface area (Å²) in [6.45, 7) is 5.49. The maximum absolute atomic E-state index is 11.4. The maximum Gasteiger partial charge on any atom is 0.313 e. The highest BCUT2D eigenvalue weighted by Gasteiger charge is 2.14. The van der Waals surface area contributed by atoms with Crippen molar-refractivity contribution in [2.45, 2.75) is 58.7 Å². The van der Waals surface area contributed by atoms with Crippen LogP contribution >= 0.6 is 0 Å². The van der Waals surface area contributed by atoms with Crippen LogP contribution in [0.15, 0.2) is 12.2 Å². The lowest BCUT2D eigenvalue weighted by Crippen LogP contribution is -2.18. The molecule has 0 aromatic rings. The number of Topliss-reactive ketones (excluding diaryl/α,β-unsaturated/α-hetero) is 1. The third kappa shape index (κ3) is 9.75. The molecule has 0 unspecified atom stereocenters. The van der Waals surface area contributed by atoms with Crippen LogP contribution in [0.4, 0.5) is 0 Å². The van der Waals surface area contributed by atoms with Crippen molar-refractivity contribution < 1.29 is 19.4 Å². The number of ketones is 1. The Balaban J connectivity index is 3.89. The Morgan fingerprint density at radius 3 is 2.53 bits per heavy atom. The Hall–Kier alpha value is -1.16. The van der Waals surface area contributed by atoms with Gasteiger partial charge in [-0.2, -0.15) is 0 Å². The van der Waals surface area contributed by atoms with Crippen LogP contribution in [0.5, 0.6) is 0 Å². The van der Waals surface area contributed by atoms with Gasteiger partial charge in [0.25, 0.3) is 0 Å². The van der Waals surface area contributed by atoms with Crippen LogP contribution in [0.2, 0.25) is 0 Å². The van der Waals surface area contributed by atoms with Gasteiger partial charge >= 0.3 is 5.97 Å². The van der Waals surface area contributed by atoms with Gasteiger partial charge in [-0.05, 0) is 20.3 Å². The summed E-state index contributed by atoms with van der Waals surface area (Å²) in [6.07, 6.45) is 3.98. The van der Waals surface area contributed by atoms with E-state index in [2.05, 4.69) is 0 Å². The number of carbonyl (C=O) groups is 2. The molecule has 0 amide bonds. The van der Waals surface area contributed by atoms with Gasteiger partial charge in [0.05, 0.1) is 12.2 Å². The summed E-state index contributed by atoms with van der Waals surface area (Å²) >= 11 is 0. The van der Waals surface area contributed by atoms with Gasteiger partial charge in [0.2, 0.25) is 0 Å². The summed E-state index contributed by atoms with van der Waals surface area (Å²) in [7, 11) is 0. The van der Waals surface area contributed by atoms with Crippen molar-refractivity contribution in [3.05, 3.63) is 12.2 Å². The second-order valence-electron chi connectivity index (χ2n) is 4.24. The summed E-state index contributed by atoms with van der Waals surface area (Å²) in [4.78, 5) is 22.5. The van der Waals surface area contributed by atoms with Gasteiger partial charge in [-0.25, -0.2) is 0 Å². The number of carbonyl (C=O) groups excluding carboxylic acids is 2. The minimum atomic E-state index is -0.805. The zero-order valence-electron chi connectivity index (χ0n) is 10.8. The normalized spacial score (nSPS) is 13.0. The second-order valence-corrected chi connectivity index (χ2v) is 4.24. The fourth-order valence-electron chi connectivity index (χ4n) is 1.26. The van der Waals surface area contributed by atoms with Crippen molar-refractivity contribution in [2.24, 2.45) is 0 Å². The molecule has 0 spiro atoms. The average molecular weight is 242 g/mol. The minimum Gasteiger partial charge on any atom is -0.463 e. The number of hydrogen-bond acceptors (Lipinski definition) is 4. The molecule has 17 heavy (non-hydrogen) atoms. The third-order valence-corrected chi connectivity index (χ3v) is 1.96. The summed E-state index contributed by atoms with van der Waals surface area (Å²) in [5.74, 6) is -0.834. The van der Waals surface area contributed by atoms with Crippen molar-refractivity contribution in [3.63, 3.8) is 0 Å². The first-order valence-corrected chi connectivity index (χ1v) is 6.01. The van der Waals surface area contributed by atoms with E-state index in [1.807, 2.05) is 13.0 Å². The summed E-state index contributed by atoms with van der Waals surface area (Å²) in [5.41, 5.74) is 0. The summed E-state index contributed by atoms with van der Waals surface area (Å²) in [6, 6.07) is 0. The molecule has 98 valence electrons. The second kappa shape index (κ2) is 8.93. The number of unbranched alkanes of at least 4 members (excludes halogenated alkanes) is 1. The van der Waals surface area contributed by atoms with Gasteiger partial charge in [-0.3, -0.25) is 9.59 Å². The molecular weight excluding hydrogens is 220 g/mol. The quantitative estimate of drug-likeness (QED) is 0.402. The predicted molar refractivity (Wildman–Crippen MR) is 65.5 cm³/mol. The molecule has 0 radical (unpaired) electrons. The summed E-state index contributed by atoms with van der Waals surface area (Å²) < 4.78 is 4.84. The number of hydrogen-bond donors (Lipinski definition) is 1. The first-order chi connectivity index (χ1) is 7.95. The molecular formula is C13H22O4. The number of aliphatic hydroxyl groups excluding tert-OH is 1. The number of aliphatic hydroxyl groups is 1. The Labute approximate surface area is 103 Å². The van der Waals surface area contributed by atoms with Gasteiger partial charge in [0, 0.05) is 6.42 Å². The Bertz CT molecular complexity index is 269. The largest absolute Gasteiger partial charge is 0.463 e. The Morgan fingerprint density at radius 1 is 1.35 bits per heavy atom. The van der Waals surface area contributed by atoms with Gasteiger partial charge in [0.1, 0.15) is 12.2 Å². The van der Waals surface area contributed by atoms with Crippen LogP contribution in [0, 0.1) is 0 Å². The molecule has 0 aliphatic rings. The first-order valence-electron chi connectivity index (χ1n) is 6.01. The number of rotatable bonds is 8. The van der Waals surface area contributed by atoms with E-state index in [9.17, 15) is 14.7 Å². The lowest BCUT2D eigenvalue weighted by molar-refractivity contribution is -0.149. The molecule has 0 saturated carbocycles. The van der Waals surface area contributed by atoms with Gasteiger partial charge < -0.3 is 9.84 Å². The Morgan fingerprint density at radius 2 is 2.00 bits per heavy atom. The van der Waals surface area contributed by atoms with E-state index in [0.29, 0.717) is 0 Å². The number of allylic oxidation sites excluding steroid dienone is 1. The highest BCUT2D eigenvalue weighted by Crippen LogP contribution is 2.02. The van der Waals surface area contributed by atoms with Crippen molar-refractivity contribution in [3.8, 4) is 0 Å². The summed E-state index contributed by atoms with van der Waals surface area (Å²) in [5, 5.41) is 9.48. The topological polar surface area (TPSA) is 63.6 Å². The Kier molecular flexibility index (Phi) is 8.32. The van der Waals surface area contributed by atoms with E-state index >= 15 is 0 Å². The van der Waals surface area contributed by atoms with E-state index < -0.39 is 12.1 Å². The molecule has 0 aliphatic heterocycles. The van der Waals surface area contributed by atoms with E-state index in [0.717, 1.165) is 12.8 Å². The molecule has 1 atom stereocenters. The van der Waals surface area contributed by atoms with Crippen LogP contribution in [-0.2, 0) is 14.3 Å². The van der Waals surface area contributed by atoms with Gasteiger partial charge in [-0.15, -0.1) is 0 Å². The molecule has 0 bridgehead atoms. The highest BCUT2D eigenvalue weighted by molar-refractivity contribution is 5.95. The molecule has 0 aromatic carbocycles. The predicted octanol–water partition coefficient (Wildman–Crippen LogP) is 2.00. The fraction of sp³-hybridized carbons (Fsp3) is 0.692. The van der Waals surface area contributed by atoms with E-state index in [1.165, 1.54) is 0 Å². The molecule has 0 rings (SSSR count). The standard InChI is InChI=1S/C13H22O4/c1-4-5-6-7-11(14)8-12(15)9-13(16)17-10(2)3/h6-7,10-11,14H,4-5,8-9H2,1-3H3/b7-6+/t11-/m0/s1. The van der Waals surface area contributed by atoms with Crippen LogP contribution in [0.25, 0.3) is 0 Å². The minimum absolute atomic E-state index is 0.0343.